The van der Waals surface area contributed by atoms with Crippen LogP contribution in [0.4, 0.5) is 0 Å². The molecular weight excluding hydrogens is 216 g/mol. The fourth-order valence-electron chi connectivity index (χ4n) is 2.07. The van der Waals surface area contributed by atoms with Gasteiger partial charge in [-0.05, 0) is 18.4 Å². The number of methoxy groups -OCH3 is 1. The number of benzene rings is 1. The molecule has 0 aliphatic heterocycles. The summed E-state index contributed by atoms with van der Waals surface area (Å²) in [5.74, 6) is -0.441. The van der Waals surface area contributed by atoms with Crippen molar-refractivity contribution in [3.05, 3.63) is 35.9 Å². The second kappa shape index (κ2) is 5.32. The van der Waals surface area contributed by atoms with Gasteiger partial charge in [-0.3, -0.25) is 4.79 Å². The third-order valence-corrected chi connectivity index (χ3v) is 3.21. The summed E-state index contributed by atoms with van der Waals surface area (Å²) in [6.07, 6.45) is -0.780. The van der Waals surface area contributed by atoms with Gasteiger partial charge in [-0.1, -0.05) is 44.2 Å². The van der Waals surface area contributed by atoms with Gasteiger partial charge in [-0.15, -0.1) is 0 Å². The molecule has 0 aromatic heterocycles. The number of carbonyl (C=O) groups excluding carboxylic acids is 1. The third-order valence-electron chi connectivity index (χ3n) is 3.21. The van der Waals surface area contributed by atoms with Gasteiger partial charge in [0.15, 0.2) is 0 Å². The molecule has 0 saturated heterocycles. The number of rotatable bonds is 4. The van der Waals surface area contributed by atoms with Crippen molar-refractivity contribution in [3.63, 3.8) is 0 Å². The first-order valence-corrected chi connectivity index (χ1v) is 5.76. The zero-order valence-corrected chi connectivity index (χ0v) is 10.8. The van der Waals surface area contributed by atoms with Crippen molar-refractivity contribution < 1.29 is 14.6 Å². The van der Waals surface area contributed by atoms with Crippen molar-refractivity contribution in [2.45, 2.75) is 32.3 Å². The Hall–Kier alpha value is -1.35. The first kappa shape index (κ1) is 13.7. The van der Waals surface area contributed by atoms with Crippen LogP contribution in [0.5, 0.6) is 0 Å². The number of carbonyl (C=O) groups is 1. The lowest BCUT2D eigenvalue weighted by atomic mass is 9.73. The van der Waals surface area contributed by atoms with E-state index in [0.29, 0.717) is 0 Å². The quantitative estimate of drug-likeness (QED) is 0.815. The Morgan fingerprint density at radius 3 is 2.24 bits per heavy atom. The van der Waals surface area contributed by atoms with Crippen LogP contribution in [0, 0.1) is 5.92 Å². The molecule has 1 aromatic carbocycles. The molecule has 2 atom stereocenters. The lowest BCUT2D eigenvalue weighted by molar-refractivity contribution is -0.153. The van der Waals surface area contributed by atoms with Crippen LogP contribution in [-0.2, 0) is 14.9 Å². The summed E-state index contributed by atoms with van der Waals surface area (Å²) in [5.41, 5.74) is -0.252. The molecule has 0 radical (unpaired) electrons. The second-order valence-corrected chi connectivity index (χ2v) is 4.75. The fourth-order valence-corrected chi connectivity index (χ4v) is 2.07. The van der Waals surface area contributed by atoms with Crippen molar-refractivity contribution in [1.82, 2.24) is 0 Å². The summed E-state index contributed by atoms with van der Waals surface area (Å²) >= 11 is 0. The molecule has 0 aliphatic rings. The molecule has 0 unspecified atom stereocenters. The highest BCUT2D eigenvalue weighted by atomic mass is 16.5. The van der Waals surface area contributed by atoms with E-state index in [1.165, 1.54) is 7.11 Å². The maximum Gasteiger partial charge on any atom is 0.318 e. The van der Waals surface area contributed by atoms with Gasteiger partial charge in [0, 0.05) is 0 Å². The van der Waals surface area contributed by atoms with Gasteiger partial charge in [0.1, 0.15) is 5.41 Å². The van der Waals surface area contributed by atoms with Crippen molar-refractivity contribution in [2.75, 3.05) is 7.11 Å². The summed E-state index contributed by atoms with van der Waals surface area (Å²) in [4.78, 5) is 12.0. The van der Waals surface area contributed by atoms with Crippen LogP contribution in [0.2, 0.25) is 0 Å². The predicted octanol–water partition coefficient (Wildman–Crippen LogP) is 2.13. The minimum absolute atomic E-state index is 0.0284. The van der Waals surface area contributed by atoms with E-state index in [-0.39, 0.29) is 5.92 Å². The molecule has 0 aliphatic carbocycles. The Morgan fingerprint density at radius 1 is 1.29 bits per heavy atom. The molecule has 1 rings (SSSR count). The molecule has 0 heterocycles. The lowest BCUT2D eigenvalue weighted by Gasteiger charge is -2.34. The van der Waals surface area contributed by atoms with Gasteiger partial charge >= 0.3 is 5.97 Å². The third kappa shape index (κ3) is 2.50. The second-order valence-electron chi connectivity index (χ2n) is 4.75. The monoisotopic (exact) mass is 236 g/mol. The number of hydrogen-bond donors (Lipinski definition) is 1. The first-order valence-electron chi connectivity index (χ1n) is 5.76. The van der Waals surface area contributed by atoms with Gasteiger partial charge in [0.25, 0.3) is 0 Å². The fraction of sp³-hybridized carbons (Fsp3) is 0.500. The van der Waals surface area contributed by atoms with Crippen molar-refractivity contribution in [3.8, 4) is 0 Å². The molecule has 0 saturated carbocycles. The van der Waals surface area contributed by atoms with E-state index in [2.05, 4.69) is 0 Å². The van der Waals surface area contributed by atoms with Crippen LogP contribution in [0.3, 0.4) is 0 Å². The van der Waals surface area contributed by atoms with Crippen molar-refractivity contribution in [1.29, 1.82) is 0 Å². The zero-order chi connectivity index (χ0) is 13.1. The standard InChI is InChI=1S/C14H20O3/c1-10(2)12(15)14(3,13(16)17-4)11-8-6-5-7-9-11/h5-10,12,15H,1-4H3/t12-,14-/m0/s1. The maximum absolute atomic E-state index is 12.0. The maximum atomic E-state index is 12.0. The highest BCUT2D eigenvalue weighted by molar-refractivity contribution is 5.83. The Balaban J connectivity index is 3.25. The molecule has 1 aromatic rings. The van der Waals surface area contributed by atoms with Crippen LogP contribution in [0.1, 0.15) is 26.3 Å². The Kier molecular flexibility index (Phi) is 4.29. The first-order chi connectivity index (χ1) is 7.94. The summed E-state index contributed by atoms with van der Waals surface area (Å²) in [6.45, 7) is 5.49. The van der Waals surface area contributed by atoms with Crippen LogP contribution >= 0.6 is 0 Å². The molecule has 0 fully saturated rings. The van der Waals surface area contributed by atoms with Gasteiger partial charge < -0.3 is 9.84 Å². The minimum atomic E-state index is -1.02. The lowest BCUT2D eigenvalue weighted by Crippen LogP contribution is -2.47. The van der Waals surface area contributed by atoms with Crippen LogP contribution < -0.4 is 0 Å². The van der Waals surface area contributed by atoms with Crippen molar-refractivity contribution >= 4 is 5.97 Å². The normalized spacial score (nSPS) is 16.4. The smallest absolute Gasteiger partial charge is 0.318 e. The predicted molar refractivity (Wildman–Crippen MR) is 66.7 cm³/mol. The summed E-state index contributed by atoms with van der Waals surface area (Å²) < 4.78 is 4.84. The summed E-state index contributed by atoms with van der Waals surface area (Å²) in [5, 5.41) is 10.3. The van der Waals surface area contributed by atoms with E-state index in [1.54, 1.807) is 6.92 Å². The molecule has 1 N–H and O–H groups in total. The van der Waals surface area contributed by atoms with Crippen LogP contribution in [0.25, 0.3) is 0 Å². The van der Waals surface area contributed by atoms with Gasteiger partial charge in [0.05, 0.1) is 13.2 Å². The molecule has 3 nitrogen and oxygen atoms in total. The highest BCUT2D eigenvalue weighted by Gasteiger charge is 2.44. The number of hydrogen-bond acceptors (Lipinski definition) is 3. The SMILES string of the molecule is COC(=O)[C@@](C)(c1ccccc1)[C@@H](O)C(C)C. The van der Waals surface area contributed by atoms with Gasteiger partial charge in [-0.2, -0.15) is 0 Å². The molecule has 0 bridgehead atoms. The molecule has 94 valence electrons. The van der Waals surface area contributed by atoms with Crippen molar-refractivity contribution in [2.24, 2.45) is 5.92 Å². The largest absolute Gasteiger partial charge is 0.468 e. The number of esters is 1. The molecule has 0 amide bonds. The van der Waals surface area contributed by atoms with E-state index in [1.807, 2.05) is 44.2 Å². The average Bonchev–Trinajstić information content (AvgIpc) is 2.36. The average molecular weight is 236 g/mol. The number of ether oxygens (including phenoxy) is 1. The zero-order valence-electron chi connectivity index (χ0n) is 10.8. The van der Waals surface area contributed by atoms with E-state index in [0.717, 1.165) is 5.56 Å². The Morgan fingerprint density at radius 2 is 1.82 bits per heavy atom. The van der Waals surface area contributed by atoms with E-state index >= 15 is 0 Å². The summed E-state index contributed by atoms with van der Waals surface area (Å²) in [7, 11) is 1.34. The molecule has 3 heteroatoms. The molecule has 0 spiro atoms. The number of aliphatic hydroxyl groups excluding tert-OH is 1. The Labute approximate surface area is 102 Å². The van der Waals surface area contributed by atoms with E-state index in [9.17, 15) is 9.90 Å². The number of aliphatic hydroxyl groups is 1. The summed E-state index contributed by atoms with van der Waals surface area (Å²) in [6, 6.07) is 9.25. The van der Waals surface area contributed by atoms with Crippen LogP contribution in [-0.4, -0.2) is 24.3 Å². The topological polar surface area (TPSA) is 46.5 Å². The Bertz CT molecular complexity index is 372. The van der Waals surface area contributed by atoms with Crippen LogP contribution in [0.15, 0.2) is 30.3 Å². The minimum Gasteiger partial charge on any atom is -0.468 e. The van der Waals surface area contributed by atoms with E-state index in [4.69, 9.17) is 4.74 Å². The molecule has 17 heavy (non-hydrogen) atoms. The van der Waals surface area contributed by atoms with E-state index < -0.39 is 17.5 Å². The molecular formula is C14H20O3. The van der Waals surface area contributed by atoms with Gasteiger partial charge in [0.2, 0.25) is 0 Å². The highest BCUT2D eigenvalue weighted by Crippen LogP contribution is 2.32. The van der Waals surface area contributed by atoms with Gasteiger partial charge in [-0.25, -0.2) is 0 Å².